The Balaban J connectivity index is 1.32. The van der Waals surface area contributed by atoms with E-state index < -0.39 is 18.2 Å². The molecule has 206 valence electrons. The van der Waals surface area contributed by atoms with E-state index in [1.165, 1.54) is 11.1 Å². The van der Waals surface area contributed by atoms with Crippen LogP contribution in [-0.4, -0.2) is 70.7 Å². The Kier molecular flexibility index (Phi) is 9.49. The van der Waals surface area contributed by atoms with Gasteiger partial charge in [-0.15, -0.1) is 0 Å². The molecular weight excluding hydrogens is 466 g/mol. The number of aliphatic hydroxyl groups is 1. The number of allylic oxidation sites excluding steroid dienone is 4. The number of rotatable bonds is 10. The first kappa shape index (κ1) is 28.3. The number of likely N-dealkylation sites (tertiary alicyclic amines) is 1. The van der Waals surface area contributed by atoms with Crippen molar-refractivity contribution in [2.24, 2.45) is 23.7 Å². The molecule has 4 rings (SSSR count). The van der Waals surface area contributed by atoms with Gasteiger partial charge in [0.25, 0.3) is 0 Å². The Morgan fingerprint density at radius 1 is 1.22 bits per heavy atom. The molecule has 3 heterocycles. The maximum Gasteiger partial charge on any atom is 0.305 e. The molecule has 0 aromatic rings. The van der Waals surface area contributed by atoms with Crippen molar-refractivity contribution in [3.63, 3.8) is 0 Å². The second-order valence-corrected chi connectivity index (χ2v) is 11.8. The van der Waals surface area contributed by atoms with Gasteiger partial charge in [0.2, 0.25) is 0 Å². The second kappa shape index (κ2) is 12.4. The molecule has 10 atom stereocenters. The minimum atomic E-state index is -0.849. The summed E-state index contributed by atoms with van der Waals surface area (Å²) in [5.41, 5.74) is 2.65. The smallest absolute Gasteiger partial charge is 0.305 e. The Labute approximate surface area is 223 Å². The fourth-order valence-corrected chi connectivity index (χ4v) is 6.26. The third kappa shape index (κ3) is 7.03. The molecule has 4 aliphatic rings. The highest BCUT2D eigenvalue weighted by atomic mass is 16.5. The number of carboxylic acids is 1. The predicted octanol–water partition coefficient (Wildman–Crippen LogP) is 5.14. The molecule has 1 aliphatic carbocycles. The lowest BCUT2D eigenvalue weighted by Gasteiger charge is -2.47. The van der Waals surface area contributed by atoms with Gasteiger partial charge in [0.15, 0.2) is 0 Å². The van der Waals surface area contributed by atoms with Crippen molar-refractivity contribution in [1.29, 1.82) is 0 Å². The normalized spacial score (nSPS) is 40.0. The zero-order valence-corrected chi connectivity index (χ0v) is 23.3. The van der Waals surface area contributed by atoms with Crippen LogP contribution in [0.15, 0.2) is 47.6 Å². The maximum absolute atomic E-state index is 11.3. The number of aliphatic carboxylic acids is 1. The first-order valence-electron chi connectivity index (χ1n) is 14.3. The summed E-state index contributed by atoms with van der Waals surface area (Å²) in [4.78, 5) is 13.6. The lowest BCUT2D eigenvalue weighted by atomic mass is 9.90. The van der Waals surface area contributed by atoms with E-state index in [0.717, 1.165) is 32.4 Å². The summed E-state index contributed by atoms with van der Waals surface area (Å²) < 4.78 is 12.3. The van der Waals surface area contributed by atoms with Gasteiger partial charge in [-0.05, 0) is 87.4 Å². The average Bonchev–Trinajstić information content (AvgIpc) is 3.44. The van der Waals surface area contributed by atoms with Crippen LogP contribution in [0.2, 0.25) is 0 Å². The highest BCUT2D eigenvalue weighted by Crippen LogP contribution is 2.48. The van der Waals surface area contributed by atoms with Crippen LogP contribution in [0, 0.1) is 23.7 Å². The number of carboxylic acid groups (broad SMARTS) is 1. The molecule has 2 saturated heterocycles. The minimum absolute atomic E-state index is 0.0156. The van der Waals surface area contributed by atoms with E-state index in [2.05, 4.69) is 69.9 Å². The number of nitrogens with zero attached hydrogens (tertiary/aromatic N) is 1. The quantitative estimate of drug-likeness (QED) is 0.394. The van der Waals surface area contributed by atoms with Gasteiger partial charge in [-0.25, -0.2) is 0 Å². The van der Waals surface area contributed by atoms with Crippen molar-refractivity contribution in [2.75, 3.05) is 13.1 Å². The van der Waals surface area contributed by atoms with Crippen LogP contribution in [0.25, 0.3) is 0 Å². The zero-order valence-electron chi connectivity index (χ0n) is 23.3. The van der Waals surface area contributed by atoms with Gasteiger partial charge in [0.1, 0.15) is 6.10 Å². The standard InChI is InChI=1S/C31H47NO5/c1-6-27-20(3)9-12-28(37-27)21(4)16-19(2)8-10-24-22(5)25(24)11-13-29-31(35)26(32-14-7-15-32)17-23(36-29)18-30(33)34/h8-11,13,16,19,22-29,31,35H,6-7,12,14-15,17-18H2,1-5H3,(H,33,34)/b10-8+,13-11+,21-16+/t19-,22-,23+,24+,25+,26?,27-,28-,29+,31-/m1/s1. The summed E-state index contributed by atoms with van der Waals surface area (Å²) in [5.74, 6) is 0.942. The monoisotopic (exact) mass is 513 g/mol. The Morgan fingerprint density at radius 3 is 2.59 bits per heavy atom. The van der Waals surface area contributed by atoms with E-state index in [1.807, 2.05) is 6.08 Å². The van der Waals surface area contributed by atoms with Gasteiger partial charge >= 0.3 is 5.97 Å². The molecule has 0 bridgehead atoms. The molecule has 0 radical (unpaired) electrons. The molecule has 2 N–H and O–H groups in total. The van der Waals surface area contributed by atoms with Crippen molar-refractivity contribution >= 4 is 5.97 Å². The SMILES string of the molecule is CC[C@H]1O[C@@H](/C(C)=C/[C@H](C)/C=C/[C@H]2[C@@H](C)[C@@H]2/C=C/[C@@H]2O[C@H](CC(=O)O)CC(N3CCC3)[C@H]2O)CC=C1C. The van der Waals surface area contributed by atoms with E-state index in [9.17, 15) is 15.0 Å². The van der Waals surface area contributed by atoms with Crippen molar-refractivity contribution in [3.05, 3.63) is 47.6 Å². The van der Waals surface area contributed by atoms with Crippen LogP contribution < -0.4 is 0 Å². The molecule has 1 unspecified atom stereocenters. The van der Waals surface area contributed by atoms with Crippen LogP contribution in [0.5, 0.6) is 0 Å². The predicted molar refractivity (Wildman–Crippen MR) is 146 cm³/mol. The molecule has 0 aromatic heterocycles. The molecule has 37 heavy (non-hydrogen) atoms. The van der Waals surface area contributed by atoms with E-state index in [0.29, 0.717) is 30.1 Å². The fraction of sp³-hybridized carbons (Fsp3) is 0.710. The molecule has 0 spiro atoms. The second-order valence-electron chi connectivity index (χ2n) is 11.8. The van der Waals surface area contributed by atoms with E-state index in [1.54, 1.807) is 0 Å². The number of hydrogen-bond acceptors (Lipinski definition) is 5. The highest BCUT2D eigenvalue weighted by molar-refractivity contribution is 5.67. The Morgan fingerprint density at radius 2 is 1.95 bits per heavy atom. The molecule has 0 amide bonds. The van der Waals surface area contributed by atoms with E-state index in [-0.39, 0.29) is 30.8 Å². The van der Waals surface area contributed by atoms with Crippen LogP contribution in [0.1, 0.15) is 66.7 Å². The Bertz CT molecular complexity index is 919. The van der Waals surface area contributed by atoms with Crippen LogP contribution >= 0.6 is 0 Å². The first-order valence-corrected chi connectivity index (χ1v) is 14.3. The maximum atomic E-state index is 11.3. The van der Waals surface area contributed by atoms with E-state index in [4.69, 9.17) is 9.47 Å². The summed E-state index contributed by atoms with van der Waals surface area (Å²) in [5, 5.41) is 20.3. The number of aliphatic hydroxyl groups excluding tert-OH is 1. The molecule has 6 heteroatoms. The van der Waals surface area contributed by atoms with Gasteiger partial charge < -0.3 is 19.7 Å². The van der Waals surface area contributed by atoms with Crippen molar-refractivity contribution < 1.29 is 24.5 Å². The van der Waals surface area contributed by atoms with Crippen LogP contribution in [0.4, 0.5) is 0 Å². The van der Waals surface area contributed by atoms with Gasteiger partial charge in [-0.1, -0.05) is 57.2 Å². The highest BCUT2D eigenvalue weighted by Gasteiger charge is 2.44. The molecule has 0 aromatic carbocycles. The summed E-state index contributed by atoms with van der Waals surface area (Å²) in [6.07, 6.45) is 16.1. The number of carbonyl (C=O) groups is 1. The topological polar surface area (TPSA) is 79.2 Å². The van der Waals surface area contributed by atoms with Crippen molar-refractivity contribution in [2.45, 2.75) is 103 Å². The van der Waals surface area contributed by atoms with Crippen LogP contribution in [-0.2, 0) is 14.3 Å². The summed E-state index contributed by atoms with van der Waals surface area (Å²) in [6.45, 7) is 13.0. The largest absolute Gasteiger partial charge is 0.481 e. The van der Waals surface area contributed by atoms with Gasteiger partial charge in [-0.2, -0.15) is 0 Å². The molecular formula is C31H47NO5. The summed E-state index contributed by atoms with van der Waals surface area (Å²) in [7, 11) is 0. The molecule has 3 fully saturated rings. The zero-order chi connectivity index (χ0) is 26.7. The van der Waals surface area contributed by atoms with Crippen molar-refractivity contribution in [3.8, 4) is 0 Å². The minimum Gasteiger partial charge on any atom is -0.481 e. The molecule has 1 saturated carbocycles. The third-order valence-electron chi connectivity index (χ3n) is 8.92. The van der Waals surface area contributed by atoms with Crippen molar-refractivity contribution in [1.82, 2.24) is 4.90 Å². The summed E-state index contributed by atoms with van der Waals surface area (Å²) >= 11 is 0. The summed E-state index contributed by atoms with van der Waals surface area (Å²) in [6, 6.07) is -0.0233. The fourth-order valence-electron chi connectivity index (χ4n) is 6.26. The number of hydrogen-bond donors (Lipinski definition) is 2. The first-order chi connectivity index (χ1) is 17.7. The lowest BCUT2D eigenvalue weighted by molar-refractivity contribution is -0.159. The van der Waals surface area contributed by atoms with Gasteiger partial charge in [0.05, 0.1) is 30.8 Å². The van der Waals surface area contributed by atoms with Gasteiger partial charge in [-0.3, -0.25) is 9.69 Å². The van der Waals surface area contributed by atoms with Gasteiger partial charge in [0, 0.05) is 6.04 Å². The van der Waals surface area contributed by atoms with Crippen LogP contribution in [0.3, 0.4) is 0 Å². The molecule has 3 aliphatic heterocycles. The third-order valence-corrected chi connectivity index (χ3v) is 8.92. The number of ether oxygens (including phenoxy) is 2. The Hall–Kier alpha value is -1.73. The molecule has 6 nitrogen and oxygen atoms in total. The average molecular weight is 514 g/mol. The van der Waals surface area contributed by atoms with E-state index >= 15 is 0 Å². The lowest BCUT2D eigenvalue weighted by Crippen LogP contribution is -2.59.